The molecule has 1 fully saturated rings. The van der Waals surface area contributed by atoms with Gasteiger partial charge < -0.3 is 19.5 Å². The molecule has 20 heavy (non-hydrogen) atoms. The fraction of sp³-hybridized carbons (Fsp3) is 0.429. The Kier molecular flexibility index (Phi) is 3.56. The van der Waals surface area contributed by atoms with Gasteiger partial charge in [0.2, 0.25) is 0 Å². The fourth-order valence-electron chi connectivity index (χ4n) is 2.40. The molecule has 2 heterocycles. The summed E-state index contributed by atoms with van der Waals surface area (Å²) in [5.74, 6) is 2.08. The van der Waals surface area contributed by atoms with Crippen LogP contribution >= 0.6 is 0 Å². The maximum absolute atomic E-state index is 5.41. The lowest BCUT2D eigenvalue weighted by molar-refractivity contribution is 0.195. The first-order chi connectivity index (χ1) is 9.83. The van der Waals surface area contributed by atoms with E-state index in [0.29, 0.717) is 24.1 Å². The molecule has 0 amide bonds. The Morgan fingerprint density at radius 2 is 2.15 bits per heavy atom. The number of ether oxygens (including phenoxy) is 3. The first-order valence-electron chi connectivity index (χ1n) is 6.53. The average Bonchev–Trinajstić information content (AvgIpc) is 2.99. The second-order valence-corrected chi connectivity index (χ2v) is 4.62. The number of benzene rings is 1. The first-order valence-corrected chi connectivity index (χ1v) is 6.53. The molecule has 0 spiro atoms. The maximum Gasteiger partial charge on any atom is 0.187 e. The number of rotatable bonds is 4. The van der Waals surface area contributed by atoms with E-state index in [1.165, 1.54) is 6.33 Å². The smallest absolute Gasteiger partial charge is 0.187 e. The number of anilines is 1. The van der Waals surface area contributed by atoms with Crippen molar-refractivity contribution < 1.29 is 14.2 Å². The summed E-state index contributed by atoms with van der Waals surface area (Å²) in [6.07, 6.45) is 2.52. The molecule has 0 radical (unpaired) electrons. The highest BCUT2D eigenvalue weighted by Gasteiger charge is 2.18. The number of fused-ring (bicyclic) bond motifs is 1. The zero-order valence-electron chi connectivity index (χ0n) is 11.5. The van der Waals surface area contributed by atoms with E-state index in [1.807, 2.05) is 12.1 Å². The third kappa shape index (κ3) is 2.22. The van der Waals surface area contributed by atoms with E-state index < -0.39 is 0 Å². The summed E-state index contributed by atoms with van der Waals surface area (Å²) in [6.45, 7) is 1.50. The highest BCUT2D eigenvalue weighted by atomic mass is 16.5. The minimum atomic E-state index is 0.293. The van der Waals surface area contributed by atoms with Gasteiger partial charge in [0, 0.05) is 12.0 Å². The zero-order chi connectivity index (χ0) is 13.9. The molecule has 1 aromatic carbocycles. The summed E-state index contributed by atoms with van der Waals surface area (Å²) in [5.41, 5.74) is 0.739. The molecule has 106 valence electrons. The Bertz CT molecular complexity index is 612. The molecule has 6 nitrogen and oxygen atoms in total. The minimum absolute atomic E-state index is 0.293. The van der Waals surface area contributed by atoms with E-state index in [0.717, 1.165) is 29.7 Å². The molecular weight excluding hydrogens is 258 g/mol. The summed E-state index contributed by atoms with van der Waals surface area (Å²) < 4.78 is 16.1. The predicted octanol–water partition coefficient (Wildman–Crippen LogP) is 1.85. The first kappa shape index (κ1) is 12.9. The van der Waals surface area contributed by atoms with Crippen LogP contribution in [0.1, 0.15) is 6.42 Å². The molecule has 3 rings (SSSR count). The van der Waals surface area contributed by atoms with Crippen LogP contribution in [0.2, 0.25) is 0 Å². The van der Waals surface area contributed by atoms with Crippen LogP contribution in [0.3, 0.4) is 0 Å². The molecule has 1 aliphatic heterocycles. The van der Waals surface area contributed by atoms with Crippen molar-refractivity contribution in [2.75, 3.05) is 32.8 Å². The number of aromatic nitrogens is 2. The van der Waals surface area contributed by atoms with Crippen molar-refractivity contribution >= 4 is 16.7 Å². The van der Waals surface area contributed by atoms with Gasteiger partial charge in [0.1, 0.15) is 17.7 Å². The van der Waals surface area contributed by atoms with Crippen LogP contribution in [0.5, 0.6) is 11.5 Å². The van der Waals surface area contributed by atoms with Crippen LogP contribution in [0.25, 0.3) is 10.9 Å². The molecule has 1 aliphatic rings. The van der Waals surface area contributed by atoms with Gasteiger partial charge in [-0.25, -0.2) is 9.97 Å². The number of methoxy groups -OCH3 is 2. The van der Waals surface area contributed by atoms with Crippen LogP contribution in [0, 0.1) is 0 Å². The summed E-state index contributed by atoms with van der Waals surface area (Å²) in [5, 5.41) is 4.31. The molecule has 2 aromatic rings. The highest BCUT2D eigenvalue weighted by molar-refractivity contribution is 5.94. The van der Waals surface area contributed by atoms with Crippen molar-refractivity contribution in [3.63, 3.8) is 0 Å². The molecule has 1 saturated heterocycles. The quantitative estimate of drug-likeness (QED) is 0.918. The zero-order valence-corrected chi connectivity index (χ0v) is 11.5. The Labute approximate surface area is 117 Å². The highest BCUT2D eigenvalue weighted by Crippen LogP contribution is 2.36. The van der Waals surface area contributed by atoms with Gasteiger partial charge >= 0.3 is 0 Å². The van der Waals surface area contributed by atoms with Crippen LogP contribution in [0.15, 0.2) is 18.5 Å². The number of nitrogens with one attached hydrogen (secondary N) is 1. The number of hydrogen-bond donors (Lipinski definition) is 1. The van der Waals surface area contributed by atoms with E-state index in [4.69, 9.17) is 14.2 Å². The van der Waals surface area contributed by atoms with Gasteiger partial charge in [0.05, 0.1) is 26.9 Å². The Hall–Kier alpha value is -2.08. The molecule has 6 heteroatoms. The van der Waals surface area contributed by atoms with Gasteiger partial charge in [0.15, 0.2) is 11.5 Å². The largest absolute Gasteiger partial charge is 0.493 e. The summed E-state index contributed by atoms with van der Waals surface area (Å²) in [6, 6.07) is 4.09. The standard InChI is InChI=1S/C14H17N3O3/c1-18-11-4-3-10-12(13(11)19-2)15-8-16-14(10)17-9-5-6-20-7-9/h3-4,8-9H,5-7H2,1-2H3,(H,15,16,17). The summed E-state index contributed by atoms with van der Waals surface area (Å²) in [4.78, 5) is 8.64. The number of hydrogen-bond acceptors (Lipinski definition) is 6. The van der Waals surface area contributed by atoms with Crippen LogP contribution < -0.4 is 14.8 Å². The summed E-state index contributed by atoms with van der Waals surface area (Å²) >= 11 is 0. The maximum atomic E-state index is 5.41. The van der Waals surface area contributed by atoms with Crippen molar-refractivity contribution in [3.05, 3.63) is 18.5 Å². The van der Waals surface area contributed by atoms with Gasteiger partial charge in [0.25, 0.3) is 0 Å². The lowest BCUT2D eigenvalue weighted by atomic mass is 10.2. The van der Waals surface area contributed by atoms with Gasteiger partial charge in [-0.15, -0.1) is 0 Å². The minimum Gasteiger partial charge on any atom is -0.493 e. The average molecular weight is 275 g/mol. The molecule has 0 saturated carbocycles. The molecular formula is C14H17N3O3. The molecule has 0 bridgehead atoms. The topological polar surface area (TPSA) is 65.5 Å². The Balaban J connectivity index is 2.05. The van der Waals surface area contributed by atoms with E-state index in [1.54, 1.807) is 14.2 Å². The molecule has 1 atom stereocenters. The summed E-state index contributed by atoms with van der Waals surface area (Å²) in [7, 11) is 3.22. The third-order valence-electron chi connectivity index (χ3n) is 3.42. The van der Waals surface area contributed by atoms with Crippen LogP contribution in [-0.2, 0) is 4.74 Å². The predicted molar refractivity (Wildman–Crippen MR) is 75.5 cm³/mol. The van der Waals surface area contributed by atoms with Crippen molar-refractivity contribution in [2.45, 2.75) is 12.5 Å². The Morgan fingerprint density at radius 1 is 1.25 bits per heavy atom. The molecule has 1 N–H and O–H groups in total. The molecule has 1 aromatic heterocycles. The lowest BCUT2D eigenvalue weighted by Crippen LogP contribution is -2.20. The van der Waals surface area contributed by atoms with Gasteiger partial charge in [-0.3, -0.25) is 0 Å². The molecule has 1 unspecified atom stereocenters. The van der Waals surface area contributed by atoms with Crippen LogP contribution in [-0.4, -0.2) is 43.4 Å². The van der Waals surface area contributed by atoms with E-state index in [-0.39, 0.29) is 0 Å². The van der Waals surface area contributed by atoms with Crippen LogP contribution in [0.4, 0.5) is 5.82 Å². The Morgan fingerprint density at radius 3 is 2.85 bits per heavy atom. The fourth-order valence-corrected chi connectivity index (χ4v) is 2.40. The SMILES string of the molecule is COc1ccc2c(NC3CCOC3)ncnc2c1OC. The van der Waals surface area contributed by atoms with Crippen molar-refractivity contribution in [1.82, 2.24) is 9.97 Å². The van der Waals surface area contributed by atoms with Gasteiger partial charge in [-0.1, -0.05) is 0 Å². The van der Waals surface area contributed by atoms with E-state index in [2.05, 4.69) is 15.3 Å². The normalized spacial score (nSPS) is 18.2. The molecule has 0 aliphatic carbocycles. The van der Waals surface area contributed by atoms with Gasteiger partial charge in [-0.2, -0.15) is 0 Å². The van der Waals surface area contributed by atoms with Crippen molar-refractivity contribution in [3.8, 4) is 11.5 Å². The third-order valence-corrected chi connectivity index (χ3v) is 3.42. The van der Waals surface area contributed by atoms with Crippen molar-refractivity contribution in [1.29, 1.82) is 0 Å². The van der Waals surface area contributed by atoms with E-state index >= 15 is 0 Å². The van der Waals surface area contributed by atoms with Crippen molar-refractivity contribution in [2.24, 2.45) is 0 Å². The van der Waals surface area contributed by atoms with E-state index in [9.17, 15) is 0 Å². The second kappa shape index (κ2) is 5.50. The second-order valence-electron chi connectivity index (χ2n) is 4.62. The van der Waals surface area contributed by atoms with Gasteiger partial charge in [-0.05, 0) is 18.6 Å². The monoisotopic (exact) mass is 275 g/mol. The number of nitrogens with zero attached hydrogens (tertiary/aromatic N) is 2. The lowest BCUT2D eigenvalue weighted by Gasteiger charge is -2.15.